The van der Waals surface area contributed by atoms with Crippen LogP contribution >= 0.6 is 15.9 Å². The number of rotatable bonds is 3. The maximum Gasteiger partial charge on any atom is 0.337 e. The summed E-state index contributed by atoms with van der Waals surface area (Å²) in [4.78, 5) is 10.7. The normalized spacial score (nSPS) is 11.2. The Morgan fingerprint density at radius 3 is 2.50 bits per heavy atom. The van der Waals surface area contributed by atoms with Crippen molar-refractivity contribution in [2.24, 2.45) is 0 Å². The van der Waals surface area contributed by atoms with Crippen LogP contribution in [-0.2, 0) is 9.53 Å². The van der Waals surface area contributed by atoms with Crippen LogP contribution in [0.3, 0.4) is 0 Å². The molecule has 3 nitrogen and oxygen atoms in total. The van der Waals surface area contributed by atoms with Crippen LogP contribution in [0.5, 0.6) is 0 Å². The lowest BCUT2D eigenvalue weighted by atomic mass is 10.1. The Balaban J connectivity index is 3.64. The summed E-state index contributed by atoms with van der Waals surface area (Å²) in [5, 5.41) is 9.62. The van der Waals surface area contributed by atoms with E-state index in [4.69, 9.17) is 5.11 Å². The zero-order valence-corrected chi connectivity index (χ0v) is 7.64. The Morgan fingerprint density at radius 2 is 2.20 bits per heavy atom. The fourth-order valence-corrected chi connectivity index (χ4v) is 0.470. The van der Waals surface area contributed by atoms with Crippen LogP contribution in [0.25, 0.3) is 0 Å². The van der Waals surface area contributed by atoms with Gasteiger partial charge in [-0.15, -0.1) is 0 Å². The second-order valence-corrected chi connectivity index (χ2v) is 3.18. The first kappa shape index (κ1) is 9.91. The van der Waals surface area contributed by atoms with E-state index in [1.54, 1.807) is 0 Å². The summed E-state index contributed by atoms with van der Waals surface area (Å²) in [6.45, 7) is 3.08. The van der Waals surface area contributed by atoms with Crippen molar-refractivity contribution < 1.29 is 14.6 Å². The van der Waals surface area contributed by atoms with Gasteiger partial charge < -0.3 is 9.84 Å². The highest BCUT2D eigenvalue weighted by Gasteiger charge is 2.24. The molecule has 0 aromatic carbocycles. The van der Waals surface area contributed by atoms with Crippen LogP contribution in [-0.4, -0.2) is 28.6 Å². The van der Waals surface area contributed by atoms with Gasteiger partial charge in [-0.2, -0.15) is 0 Å². The summed E-state index contributed by atoms with van der Waals surface area (Å²) in [7, 11) is 0. The van der Waals surface area contributed by atoms with E-state index in [1.807, 2.05) is 0 Å². The van der Waals surface area contributed by atoms with Crippen LogP contribution in [0.1, 0.15) is 13.8 Å². The highest BCUT2D eigenvalue weighted by molar-refractivity contribution is 9.09. The van der Waals surface area contributed by atoms with Crippen molar-refractivity contribution in [3.8, 4) is 0 Å². The Morgan fingerprint density at radius 1 is 1.70 bits per heavy atom. The van der Waals surface area contributed by atoms with Crippen molar-refractivity contribution in [1.29, 1.82) is 0 Å². The minimum atomic E-state index is -1.37. The lowest BCUT2D eigenvalue weighted by Gasteiger charge is -2.14. The molecule has 0 rings (SSSR count). The summed E-state index contributed by atoms with van der Waals surface area (Å²) in [5.41, 5.74) is -1.37. The molecule has 0 aliphatic carbocycles. The molecule has 0 heterocycles. The van der Waals surface area contributed by atoms with Gasteiger partial charge >= 0.3 is 5.97 Å². The minimum absolute atomic E-state index is 0.294. The molecule has 60 valence electrons. The number of hydrogen-bond donors (Lipinski definition) is 1. The van der Waals surface area contributed by atoms with Crippen LogP contribution < -0.4 is 0 Å². The standard InChI is InChI=1S/C6H11BrO3/c1-6(2,9)5(8)10-4-3-7/h9H,3-4H2,1-2H3. The number of carbonyl (C=O) groups is 1. The molecule has 1 N–H and O–H groups in total. The van der Waals surface area contributed by atoms with E-state index in [0.29, 0.717) is 11.9 Å². The largest absolute Gasteiger partial charge is 0.463 e. The third kappa shape index (κ3) is 3.85. The molecule has 0 saturated carbocycles. The third-order valence-corrected chi connectivity index (χ3v) is 1.13. The highest BCUT2D eigenvalue weighted by Crippen LogP contribution is 2.03. The zero-order chi connectivity index (χ0) is 8.20. The van der Waals surface area contributed by atoms with Gasteiger partial charge in [0.2, 0.25) is 0 Å². The minimum Gasteiger partial charge on any atom is -0.463 e. The van der Waals surface area contributed by atoms with Crippen molar-refractivity contribution in [2.45, 2.75) is 19.4 Å². The first-order valence-corrected chi connectivity index (χ1v) is 4.06. The lowest BCUT2D eigenvalue weighted by Crippen LogP contribution is -2.33. The zero-order valence-electron chi connectivity index (χ0n) is 6.06. The van der Waals surface area contributed by atoms with Gasteiger partial charge in [0.05, 0.1) is 0 Å². The van der Waals surface area contributed by atoms with Crippen molar-refractivity contribution in [1.82, 2.24) is 0 Å². The molecule has 0 saturated heterocycles. The lowest BCUT2D eigenvalue weighted by molar-refractivity contribution is -0.161. The molecular weight excluding hydrogens is 200 g/mol. The van der Waals surface area contributed by atoms with E-state index < -0.39 is 11.6 Å². The molecule has 0 unspecified atom stereocenters. The number of esters is 1. The molecule has 0 spiro atoms. The van der Waals surface area contributed by atoms with Crippen molar-refractivity contribution in [2.75, 3.05) is 11.9 Å². The van der Waals surface area contributed by atoms with Crippen molar-refractivity contribution in [3.05, 3.63) is 0 Å². The maximum absolute atomic E-state index is 10.7. The topological polar surface area (TPSA) is 46.5 Å². The van der Waals surface area contributed by atoms with Crippen molar-refractivity contribution >= 4 is 21.9 Å². The molecule has 0 aliphatic rings. The molecule has 0 fully saturated rings. The second-order valence-electron chi connectivity index (χ2n) is 2.38. The first-order chi connectivity index (χ1) is 4.48. The summed E-state index contributed by atoms with van der Waals surface area (Å²) >= 11 is 3.09. The molecule has 0 aromatic rings. The monoisotopic (exact) mass is 210 g/mol. The van der Waals surface area contributed by atoms with Crippen molar-refractivity contribution in [3.63, 3.8) is 0 Å². The van der Waals surface area contributed by atoms with E-state index >= 15 is 0 Å². The maximum atomic E-state index is 10.7. The van der Waals surface area contributed by atoms with Gasteiger partial charge in [0.25, 0.3) is 0 Å². The van der Waals surface area contributed by atoms with Gasteiger partial charge in [-0.05, 0) is 13.8 Å². The van der Waals surface area contributed by atoms with Gasteiger partial charge in [-0.1, -0.05) is 15.9 Å². The number of alkyl halides is 1. The SMILES string of the molecule is CC(C)(O)C(=O)OCCBr. The number of ether oxygens (including phenoxy) is 1. The number of halogens is 1. The Hall–Kier alpha value is -0.0900. The average molecular weight is 211 g/mol. The van der Waals surface area contributed by atoms with E-state index in [0.717, 1.165) is 0 Å². The van der Waals surface area contributed by atoms with E-state index in [9.17, 15) is 4.79 Å². The smallest absolute Gasteiger partial charge is 0.337 e. The first-order valence-electron chi connectivity index (χ1n) is 2.94. The van der Waals surface area contributed by atoms with Gasteiger partial charge in [-0.3, -0.25) is 0 Å². The van der Waals surface area contributed by atoms with Crippen LogP contribution in [0.15, 0.2) is 0 Å². The number of hydrogen-bond acceptors (Lipinski definition) is 3. The molecular formula is C6H11BrO3. The van der Waals surface area contributed by atoms with E-state index in [-0.39, 0.29) is 0 Å². The Labute approximate surface area is 68.5 Å². The molecule has 0 radical (unpaired) electrons. The predicted molar refractivity (Wildman–Crippen MR) is 41.1 cm³/mol. The van der Waals surface area contributed by atoms with Gasteiger partial charge in [0.15, 0.2) is 5.60 Å². The molecule has 10 heavy (non-hydrogen) atoms. The van der Waals surface area contributed by atoms with E-state index in [2.05, 4.69) is 20.7 Å². The average Bonchev–Trinajstić information content (AvgIpc) is 1.80. The van der Waals surface area contributed by atoms with Gasteiger partial charge in [0.1, 0.15) is 6.61 Å². The molecule has 0 atom stereocenters. The fourth-order valence-electron chi connectivity index (χ4n) is 0.308. The molecule has 0 amide bonds. The predicted octanol–water partition coefficient (Wildman–Crippen LogP) is 0.695. The third-order valence-electron chi connectivity index (χ3n) is 0.810. The molecule has 0 aliphatic heterocycles. The summed E-state index contributed by atoms with van der Waals surface area (Å²) in [6.07, 6.45) is 0. The second kappa shape index (κ2) is 3.93. The molecule has 4 heteroatoms. The summed E-state index contributed by atoms with van der Waals surface area (Å²) in [5.74, 6) is -0.591. The Bertz CT molecular complexity index is 117. The quantitative estimate of drug-likeness (QED) is 0.552. The Kier molecular flexibility index (Phi) is 3.89. The van der Waals surface area contributed by atoms with E-state index in [1.165, 1.54) is 13.8 Å². The fraction of sp³-hybridized carbons (Fsp3) is 0.833. The van der Waals surface area contributed by atoms with Gasteiger partial charge in [0, 0.05) is 5.33 Å². The van der Waals surface area contributed by atoms with Gasteiger partial charge in [-0.25, -0.2) is 4.79 Å². The molecule has 0 bridgehead atoms. The number of carbonyl (C=O) groups excluding carboxylic acids is 1. The molecule has 0 aromatic heterocycles. The summed E-state index contributed by atoms with van der Waals surface area (Å²) in [6, 6.07) is 0. The highest BCUT2D eigenvalue weighted by atomic mass is 79.9. The summed E-state index contributed by atoms with van der Waals surface area (Å²) < 4.78 is 4.62. The van der Waals surface area contributed by atoms with Crippen LogP contribution in [0.2, 0.25) is 0 Å². The van der Waals surface area contributed by atoms with Crippen LogP contribution in [0.4, 0.5) is 0 Å². The van der Waals surface area contributed by atoms with Crippen LogP contribution in [0, 0.1) is 0 Å². The number of aliphatic hydroxyl groups is 1.